The molecule has 0 bridgehead atoms. The summed E-state index contributed by atoms with van der Waals surface area (Å²) in [5.41, 5.74) is 0.623. The Morgan fingerprint density at radius 1 is 1.33 bits per heavy atom. The predicted octanol–water partition coefficient (Wildman–Crippen LogP) is 2.80. The summed E-state index contributed by atoms with van der Waals surface area (Å²) in [4.78, 5) is 11.3. The Labute approximate surface area is 89.6 Å². The highest BCUT2D eigenvalue weighted by Gasteiger charge is 2.34. The maximum absolute atomic E-state index is 11.3. The number of hydrogen-bond acceptors (Lipinski definition) is 2. The van der Waals surface area contributed by atoms with Gasteiger partial charge in [-0.3, -0.25) is 0 Å². The molecule has 0 saturated heterocycles. The summed E-state index contributed by atoms with van der Waals surface area (Å²) >= 11 is 0. The maximum Gasteiger partial charge on any atom is 0.331 e. The van der Waals surface area contributed by atoms with E-state index in [-0.39, 0.29) is 5.97 Å². The third-order valence-corrected chi connectivity index (χ3v) is 2.87. The number of rotatable bonds is 2. The topological polar surface area (TPSA) is 26.3 Å². The van der Waals surface area contributed by atoms with Gasteiger partial charge in [0, 0.05) is 12.5 Å². The third-order valence-electron chi connectivity index (χ3n) is 2.87. The molecule has 2 rings (SSSR count). The summed E-state index contributed by atoms with van der Waals surface area (Å²) in [6.07, 6.45) is 4.95. The van der Waals surface area contributed by atoms with Crippen molar-refractivity contribution in [2.75, 3.05) is 0 Å². The van der Waals surface area contributed by atoms with E-state index >= 15 is 0 Å². The Balaban J connectivity index is 2.38. The Bertz CT molecular complexity index is 381. The number of ether oxygens (including phenoxy) is 1. The van der Waals surface area contributed by atoms with Crippen LogP contribution in [0.2, 0.25) is 0 Å². The number of esters is 1. The fraction of sp³-hybridized carbons (Fsp3) is 0.308. The number of carbonyl (C=O) groups excluding carboxylic acids is 1. The second kappa shape index (κ2) is 3.89. The Kier molecular flexibility index (Phi) is 2.58. The minimum Gasteiger partial charge on any atom is -0.451 e. The van der Waals surface area contributed by atoms with Crippen LogP contribution in [0.4, 0.5) is 0 Å². The SMILES string of the molecule is CCC1(c2ccccc2)CC=CC(=O)O1. The van der Waals surface area contributed by atoms with E-state index in [0.29, 0.717) is 0 Å². The molecular formula is C13H14O2. The molecule has 2 heteroatoms. The highest BCUT2D eigenvalue weighted by molar-refractivity contribution is 5.83. The van der Waals surface area contributed by atoms with Crippen LogP contribution >= 0.6 is 0 Å². The van der Waals surface area contributed by atoms with Gasteiger partial charge in [-0.15, -0.1) is 0 Å². The summed E-state index contributed by atoms with van der Waals surface area (Å²) in [6, 6.07) is 9.93. The molecule has 78 valence electrons. The molecule has 2 nitrogen and oxygen atoms in total. The minimum absolute atomic E-state index is 0.244. The number of benzene rings is 1. The van der Waals surface area contributed by atoms with Crippen molar-refractivity contribution < 1.29 is 9.53 Å². The summed E-state index contributed by atoms with van der Waals surface area (Å²) in [5.74, 6) is -0.244. The van der Waals surface area contributed by atoms with Crippen LogP contribution in [0.3, 0.4) is 0 Å². The lowest BCUT2D eigenvalue weighted by atomic mass is 9.86. The molecule has 1 heterocycles. The highest BCUT2D eigenvalue weighted by atomic mass is 16.6. The van der Waals surface area contributed by atoms with E-state index in [1.165, 1.54) is 6.08 Å². The van der Waals surface area contributed by atoms with E-state index in [9.17, 15) is 4.79 Å². The van der Waals surface area contributed by atoms with Crippen molar-refractivity contribution in [2.45, 2.75) is 25.4 Å². The van der Waals surface area contributed by atoms with E-state index < -0.39 is 5.60 Å². The Morgan fingerprint density at radius 3 is 2.67 bits per heavy atom. The number of hydrogen-bond donors (Lipinski definition) is 0. The lowest BCUT2D eigenvalue weighted by molar-refractivity contribution is -0.157. The van der Waals surface area contributed by atoms with E-state index in [4.69, 9.17) is 4.74 Å². The van der Waals surface area contributed by atoms with Crippen molar-refractivity contribution in [2.24, 2.45) is 0 Å². The zero-order valence-electron chi connectivity index (χ0n) is 8.77. The summed E-state index contributed by atoms with van der Waals surface area (Å²) < 4.78 is 5.48. The van der Waals surface area contributed by atoms with E-state index in [1.54, 1.807) is 0 Å². The molecule has 1 aromatic rings. The quantitative estimate of drug-likeness (QED) is 0.689. The van der Waals surface area contributed by atoms with Gasteiger partial charge >= 0.3 is 5.97 Å². The minimum atomic E-state index is -0.451. The maximum atomic E-state index is 11.3. The van der Waals surface area contributed by atoms with Crippen molar-refractivity contribution in [1.29, 1.82) is 0 Å². The van der Waals surface area contributed by atoms with Gasteiger partial charge in [0.25, 0.3) is 0 Å². The Morgan fingerprint density at radius 2 is 2.07 bits per heavy atom. The first-order chi connectivity index (χ1) is 7.27. The molecule has 0 saturated carbocycles. The van der Waals surface area contributed by atoms with Gasteiger partial charge in [0.15, 0.2) is 0 Å². The lowest BCUT2D eigenvalue weighted by Gasteiger charge is -2.33. The van der Waals surface area contributed by atoms with Gasteiger partial charge in [-0.2, -0.15) is 0 Å². The van der Waals surface area contributed by atoms with Crippen molar-refractivity contribution in [3.05, 3.63) is 48.0 Å². The van der Waals surface area contributed by atoms with E-state index in [1.807, 2.05) is 43.3 Å². The molecule has 0 fully saturated rings. The highest BCUT2D eigenvalue weighted by Crippen LogP contribution is 2.35. The van der Waals surface area contributed by atoms with Gasteiger partial charge in [0.1, 0.15) is 5.60 Å². The monoisotopic (exact) mass is 202 g/mol. The summed E-state index contributed by atoms with van der Waals surface area (Å²) in [7, 11) is 0. The van der Waals surface area contributed by atoms with Gasteiger partial charge in [0.2, 0.25) is 0 Å². The predicted molar refractivity (Wildman–Crippen MR) is 58.3 cm³/mol. The van der Waals surface area contributed by atoms with Crippen molar-refractivity contribution >= 4 is 5.97 Å². The van der Waals surface area contributed by atoms with Crippen LogP contribution in [0.5, 0.6) is 0 Å². The lowest BCUT2D eigenvalue weighted by Crippen LogP contribution is -2.33. The van der Waals surface area contributed by atoms with Crippen LogP contribution in [0, 0.1) is 0 Å². The summed E-state index contributed by atoms with van der Waals surface area (Å²) in [6.45, 7) is 2.04. The Hall–Kier alpha value is -1.57. The fourth-order valence-corrected chi connectivity index (χ4v) is 1.95. The first-order valence-electron chi connectivity index (χ1n) is 5.22. The van der Waals surface area contributed by atoms with Crippen LogP contribution in [-0.2, 0) is 15.1 Å². The van der Waals surface area contributed by atoms with Crippen LogP contribution in [-0.4, -0.2) is 5.97 Å². The molecule has 0 radical (unpaired) electrons. The average Bonchev–Trinajstić information content (AvgIpc) is 2.30. The van der Waals surface area contributed by atoms with E-state index in [2.05, 4.69) is 0 Å². The molecule has 1 aliphatic rings. The third kappa shape index (κ3) is 1.80. The number of cyclic esters (lactones) is 1. The molecule has 1 unspecified atom stereocenters. The first-order valence-corrected chi connectivity index (χ1v) is 5.22. The molecule has 1 aliphatic heterocycles. The average molecular weight is 202 g/mol. The standard InChI is InChI=1S/C13H14O2/c1-2-13(10-6-9-12(14)15-13)11-7-4-3-5-8-11/h3-9H,2,10H2,1H3. The van der Waals surface area contributed by atoms with Crippen LogP contribution in [0.15, 0.2) is 42.5 Å². The van der Waals surface area contributed by atoms with Crippen LogP contribution in [0.25, 0.3) is 0 Å². The fourth-order valence-electron chi connectivity index (χ4n) is 1.95. The van der Waals surface area contributed by atoms with Crippen LogP contribution < -0.4 is 0 Å². The van der Waals surface area contributed by atoms with Gasteiger partial charge in [-0.1, -0.05) is 43.3 Å². The molecule has 0 spiro atoms. The smallest absolute Gasteiger partial charge is 0.331 e. The molecule has 1 atom stereocenters. The first kappa shape index (κ1) is 9.97. The number of carbonyl (C=O) groups is 1. The van der Waals surface area contributed by atoms with Crippen molar-refractivity contribution in [1.82, 2.24) is 0 Å². The molecular weight excluding hydrogens is 188 g/mol. The van der Waals surface area contributed by atoms with Crippen LogP contribution in [0.1, 0.15) is 25.3 Å². The van der Waals surface area contributed by atoms with Gasteiger partial charge < -0.3 is 4.74 Å². The molecule has 0 amide bonds. The van der Waals surface area contributed by atoms with Crippen molar-refractivity contribution in [3.63, 3.8) is 0 Å². The largest absolute Gasteiger partial charge is 0.451 e. The summed E-state index contributed by atoms with van der Waals surface area (Å²) in [5, 5.41) is 0. The van der Waals surface area contributed by atoms with Crippen molar-refractivity contribution in [3.8, 4) is 0 Å². The zero-order chi connectivity index (χ0) is 10.7. The van der Waals surface area contributed by atoms with E-state index in [0.717, 1.165) is 18.4 Å². The normalized spacial score (nSPS) is 25.0. The molecule has 1 aromatic carbocycles. The zero-order valence-corrected chi connectivity index (χ0v) is 8.77. The van der Waals surface area contributed by atoms with Gasteiger partial charge in [0.05, 0.1) is 0 Å². The molecule has 0 N–H and O–H groups in total. The second-order valence-electron chi connectivity index (χ2n) is 3.74. The second-order valence-corrected chi connectivity index (χ2v) is 3.74. The molecule has 0 aromatic heterocycles. The van der Waals surface area contributed by atoms with Gasteiger partial charge in [-0.25, -0.2) is 4.79 Å². The van der Waals surface area contributed by atoms with Gasteiger partial charge in [-0.05, 0) is 12.0 Å². The molecule has 0 aliphatic carbocycles. The molecule has 15 heavy (non-hydrogen) atoms.